The van der Waals surface area contributed by atoms with E-state index in [1.165, 1.54) is 12.1 Å². The summed E-state index contributed by atoms with van der Waals surface area (Å²) in [5.41, 5.74) is 0.0292. The second-order valence-electron chi connectivity index (χ2n) is 4.69. The van der Waals surface area contributed by atoms with Gasteiger partial charge in [-0.3, -0.25) is 9.59 Å². The first-order chi connectivity index (χ1) is 8.24. The van der Waals surface area contributed by atoms with Gasteiger partial charge in [0, 0.05) is 32.2 Å². The van der Waals surface area contributed by atoms with Crippen LogP contribution in [-0.4, -0.2) is 47.2 Å². The molecule has 0 bridgehead atoms. The Kier molecular flexibility index (Phi) is 2.44. The third-order valence-corrected chi connectivity index (χ3v) is 3.57. The summed E-state index contributed by atoms with van der Waals surface area (Å²) in [5, 5.41) is 9.39. The summed E-state index contributed by atoms with van der Waals surface area (Å²) in [6.07, 6.45) is 0. The predicted octanol–water partition coefficient (Wildman–Crippen LogP) is -0.939. The van der Waals surface area contributed by atoms with E-state index in [1.807, 2.05) is 4.90 Å². The molecule has 1 aromatic heterocycles. The molecule has 6 nitrogen and oxygen atoms in total. The van der Waals surface area contributed by atoms with Crippen molar-refractivity contribution in [1.29, 1.82) is 0 Å². The summed E-state index contributed by atoms with van der Waals surface area (Å²) in [5.74, 6) is 1.05. The number of rotatable bonds is 1. The third kappa shape index (κ3) is 1.84. The van der Waals surface area contributed by atoms with Crippen LogP contribution >= 0.6 is 0 Å². The van der Waals surface area contributed by atoms with Crippen LogP contribution in [0.2, 0.25) is 0 Å². The lowest BCUT2D eigenvalue weighted by molar-refractivity contribution is 0.0774. The molecule has 0 saturated carbocycles. The Hall–Kier alpha value is -1.69. The number of carbonyl (C=O) groups excluding carboxylic acids is 1. The Labute approximate surface area is 98.0 Å². The highest BCUT2D eigenvalue weighted by molar-refractivity contribution is 5.92. The number of hydrogen-bond donors (Lipinski definition) is 2. The molecule has 2 N–H and O–H groups in total. The van der Waals surface area contributed by atoms with Crippen LogP contribution in [0.25, 0.3) is 0 Å². The van der Waals surface area contributed by atoms with E-state index in [4.69, 9.17) is 0 Å². The average Bonchev–Trinajstić information content (AvgIpc) is 2.89. The fraction of sp³-hybridized carbons (Fsp3) is 0.545. The summed E-state index contributed by atoms with van der Waals surface area (Å²) in [7, 11) is 0. The zero-order valence-electron chi connectivity index (χ0n) is 9.35. The molecule has 2 atom stereocenters. The highest BCUT2D eigenvalue weighted by Gasteiger charge is 2.38. The molecule has 3 rings (SSSR count). The minimum absolute atomic E-state index is 0.0874. The maximum atomic E-state index is 12.1. The maximum absolute atomic E-state index is 12.1. The van der Waals surface area contributed by atoms with E-state index in [9.17, 15) is 9.59 Å². The van der Waals surface area contributed by atoms with Crippen molar-refractivity contribution in [2.45, 2.75) is 0 Å². The molecular weight excluding hydrogens is 220 g/mol. The molecule has 2 saturated heterocycles. The molecule has 3 heterocycles. The van der Waals surface area contributed by atoms with Crippen LogP contribution in [-0.2, 0) is 0 Å². The number of nitrogens with zero attached hydrogens (tertiary/aromatic N) is 2. The number of aromatic amines is 1. The van der Waals surface area contributed by atoms with Crippen LogP contribution in [0.3, 0.4) is 0 Å². The van der Waals surface area contributed by atoms with Gasteiger partial charge in [-0.2, -0.15) is 5.10 Å². The number of aromatic nitrogens is 2. The molecule has 2 fully saturated rings. The van der Waals surface area contributed by atoms with Gasteiger partial charge in [0.1, 0.15) is 5.69 Å². The second kappa shape index (κ2) is 3.96. The van der Waals surface area contributed by atoms with Crippen LogP contribution in [0.4, 0.5) is 0 Å². The van der Waals surface area contributed by atoms with Gasteiger partial charge >= 0.3 is 0 Å². The molecule has 17 heavy (non-hydrogen) atoms. The number of H-pyrrole nitrogens is 1. The Morgan fingerprint density at radius 3 is 2.59 bits per heavy atom. The molecule has 0 unspecified atom stereocenters. The first-order valence-electron chi connectivity index (χ1n) is 5.80. The zero-order chi connectivity index (χ0) is 11.8. The van der Waals surface area contributed by atoms with Crippen molar-refractivity contribution in [3.8, 4) is 0 Å². The molecule has 1 aromatic rings. The number of fused-ring (bicyclic) bond motifs is 1. The van der Waals surface area contributed by atoms with Gasteiger partial charge in [0.2, 0.25) is 0 Å². The molecule has 2 aliphatic rings. The largest absolute Gasteiger partial charge is 0.337 e. The van der Waals surface area contributed by atoms with Crippen LogP contribution in [0.5, 0.6) is 0 Å². The number of likely N-dealkylation sites (tertiary alicyclic amines) is 1. The van der Waals surface area contributed by atoms with Gasteiger partial charge in [-0.25, -0.2) is 5.10 Å². The molecule has 0 spiro atoms. The van der Waals surface area contributed by atoms with Gasteiger partial charge < -0.3 is 10.2 Å². The van der Waals surface area contributed by atoms with Crippen molar-refractivity contribution in [3.63, 3.8) is 0 Å². The normalized spacial score (nSPS) is 27.2. The molecule has 1 amide bonds. The van der Waals surface area contributed by atoms with Crippen LogP contribution < -0.4 is 10.9 Å². The van der Waals surface area contributed by atoms with Crippen molar-refractivity contribution in [3.05, 3.63) is 28.2 Å². The summed E-state index contributed by atoms with van der Waals surface area (Å²) in [6, 6.07) is 2.81. The van der Waals surface area contributed by atoms with Crippen molar-refractivity contribution in [2.24, 2.45) is 11.8 Å². The molecule has 90 valence electrons. The fourth-order valence-corrected chi connectivity index (χ4v) is 2.65. The summed E-state index contributed by atoms with van der Waals surface area (Å²) in [6.45, 7) is 3.57. The molecule has 0 radical (unpaired) electrons. The standard InChI is InChI=1S/C11H14N4O2/c16-10-2-1-9(13-14-10)11(17)15-5-7-3-12-4-8(7)6-15/h1-2,7-8,12H,3-6H2,(H,14,16)/t7-,8+. The highest BCUT2D eigenvalue weighted by Crippen LogP contribution is 2.26. The monoisotopic (exact) mass is 234 g/mol. The van der Waals surface area contributed by atoms with E-state index in [-0.39, 0.29) is 11.5 Å². The lowest BCUT2D eigenvalue weighted by Crippen LogP contribution is -2.33. The predicted molar refractivity (Wildman–Crippen MR) is 60.6 cm³/mol. The Morgan fingerprint density at radius 2 is 2.00 bits per heavy atom. The summed E-state index contributed by atoms with van der Waals surface area (Å²) >= 11 is 0. The Bertz CT molecular complexity index is 466. The minimum atomic E-state index is -0.288. The minimum Gasteiger partial charge on any atom is -0.337 e. The number of hydrogen-bond acceptors (Lipinski definition) is 4. The van der Waals surface area contributed by atoms with E-state index in [2.05, 4.69) is 15.5 Å². The number of carbonyl (C=O) groups is 1. The van der Waals surface area contributed by atoms with E-state index in [0.29, 0.717) is 17.5 Å². The van der Waals surface area contributed by atoms with Gasteiger partial charge in [0.15, 0.2) is 0 Å². The van der Waals surface area contributed by atoms with Gasteiger partial charge in [-0.05, 0) is 17.9 Å². The van der Waals surface area contributed by atoms with E-state index in [0.717, 1.165) is 26.2 Å². The number of nitrogens with one attached hydrogen (secondary N) is 2. The molecular formula is C11H14N4O2. The summed E-state index contributed by atoms with van der Waals surface area (Å²) < 4.78 is 0. The van der Waals surface area contributed by atoms with Crippen molar-refractivity contribution in [2.75, 3.05) is 26.2 Å². The number of amides is 1. The maximum Gasteiger partial charge on any atom is 0.274 e. The first-order valence-corrected chi connectivity index (χ1v) is 5.80. The Morgan fingerprint density at radius 1 is 1.29 bits per heavy atom. The topological polar surface area (TPSA) is 78.1 Å². The van der Waals surface area contributed by atoms with E-state index >= 15 is 0 Å². The second-order valence-corrected chi connectivity index (χ2v) is 4.69. The first kappa shape index (κ1) is 10.5. The molecule has 0 aromatic carbocycles. The molecule has 6 heteroatoms. The van der Waals surface area contributed by atoms with Crippen molar-refractivity contribution < 1.29 is 4.79 Å². The Balaban J connectivity index is 1.75. The highest BCUT2D eigenvalue weighted by atomic mass is 16.2. The quantitative estimate of drug-likeness (QED) is 0.657. The van der Waals surface area contributed by atoms with Crippen molar-refractivity contribution >= 4 is 5.91 Å². The van der Waals surface area contributed by atoms with Crippen LogP contribution in [0, 0.1) is 11.8 Å². The fourth-order valence-electron chi connectivity index (χ4n) is 2.65. The van der Waals surface area contributed by atoms with Gasteiger partial charge in [0.05, 0.1) is 0 Å². The van der Waals surface area contributed by atoms with Crippen molar-refractivity contribution in [1.82, 2.24) is 20.4 Å². The van der Waals surface area contributed by atoms with E-state index in [1.54, 1.807) is 0 Å². The van der Waals surface area contributed by atoms with Gasteiger partial charge in [-0.15, -0.1) is 0 Å². The third-order valence-electron chi connectivity index (χ3n) is 3.57. The van der Waals surface area contributed by atoms with Gasteiger partial charge in [-0.1, -0.05) is 0 Å². The lowest BCUT2D eigenvalue weighted by Gasteiger charge is -2.16. The van der Waals surface area contributed by atoms with E-state index < -0.39 is 0 Å². The SMILES string of the molecule is O=C(c1ccc(=O)[nH]n1)N1C[C@H]2CNC[C@H]2C1. The summed E-state index contributed by atoms with van der Waals surface area (Å²) in [4.78, 5) is 24.8. The van der Waals surface area contributed by atoms with Crippen LogP contribution in [0.15, 0.2) is 16.9 Å². The lowest BCUT2D eigenvalue weighted by atomic mass is 10.0. The molecule has 0 aliphatic carbocycles. The van der Waals surface area contributed by atoms with Gasteiger partial charge in [0.25, 0.3) is 11.5 Å². The molecule has 2 aliphatic heterocycles. The zero-order valence-corrected chi connectivity index (χ0v) is 9.35. The smallest absolute Gasteiger partial charge is 0.274 e. The van der Waals surface area contributed by atoms with Crippen LogP contribution in [0.1, 0.15) is 10.5 Å². The average molecular weight is 234 g/mol.